The molecule has 0 atom stereocenters. The number of aliphatic imine (C=N–C) groups is 1. The second-order valence-electron chi connectivity index (χ2n) is 5.68. The van der Waals surface area contributed by atoms with Crippen LogP contribution in [0, 0.1) is 5.92 Å². The Hall–Kier alpha value is -0.980. The number of hydrogen-bond acceptors (Lipinski definition) is 2. The van der Waals surface area contributed by atoms with E-state index in [1.54, 1.807) is 0 Å². The third-order valence-electron chi connectivity index (χ3n) is 4.16. The molecule has 0 amide bonds. The summed E-state index contributed by atoms with van der Waals surface area (Å²) in [6.45, 7) is 5.30. The van der Waals surface area contributed by atoms with Crippen molar-refractivity contribution in [3.8, 4) is 0 Å². The first-order chi connectivity index (χ1) is 9.86. The number of hydrogen-bond donors (Lipinski definition) is 1. The van der Waals surface area contributed by atoms with Crippen LogP contribution in [0.2, 0.25) is 0 Å². The number of anilines is 1. The Morgan fingerprint density at radius 1 is 1.14 bits per heavy atom. The third kappa shape index (κ3) is 4.49. The first-order valence-corrected chi connectivity index (χ1v) is 7.62. The molecule has 1 aliphatic carbocycles. The maximum atomic E-state index is 4.42. The molecule has 116 valence electrons. The Kier molecular flexibility index (Phi) is 6.14. The van der Waals surface area contributed by atoms with Gasteiger partial charge >= 0.3 is 0 Å². The van der Waals surface area contributed by atoms with Gasteiger partial charge in [0.2, 0.25) is 0 Å². The summed E-state index contributed by atoms with van der Waals surface area (Å²) in [6, 6.07) is 10.7. The van der Waals surface area contributed by atoms with E-state index in [9.17, 15) is 0 Å². The molecule has 1 aliphatic heterocycles. The molecule has 5 heteroatoms. The molecule has 0 radical (unpaired) electrons. The minimum Gasteiger partial charge on any atom is -0.368 e. The molecule has 21 heavy (non-hydrogen) atoms. The van der Waals surface area contributed by atoms with Crippen LogP contribution in [0.15, 0.2) is 35.3 Å². The van der Waals surface area contributed by atoms with Gasteiger partial charge in [0.1, 0.15) is 0 Å². The zero-order valence-electron chi connectivity index (χ0n) is 12.7. The highest BCUT2D eigenvalue weighted by atomic mass is 127. The fraction of sp³-hybridized carbons (Fsp3) is 0.562. The predicted octanol–water partition coefficient (Wildman–Crippen LogP) is 2.41. The van der Waals surface area contributed by atoms with Crippen LogP contribution in [0.5, 0.6) is 0 Å². The minimum atomic E-state index is 0. The fourth-order valence-corrected chi connectivity index (χ4v) is 2.71. The largest absolute Gasteiger partial charge is 0.368 e. The molecule has 0 bridgehead atoms. The molecule has 2 aliphatic rings. The fourth-order valence-electron chi connectivity index (χ4n) is 2.71. The number of nitrogens with one attached hydrogen (secondary N) is 1. The lowest BCUT2D eigenvalue weighted by atomic mass is 10.2. The average molecular weight is 400 g/mol. The van der Waals surface area contributed by atoms with E-state index < -0.39 is 0 Å². The quantitative estimate of drug-likeness (QED) is 0.481. The number of benzene rings is 1. The zero-order valence-corrected chi connectivity index (χ0v) is 15.0. The van der Waals surface area contributed by atoms with Gasteiger partial charge in [0.15, 0.2) is 5.96 Å². The molecule has 0 unspecified atom stereocenters. The molecule has 0 aromatic heterocycles. The number of rotatable bonds is 3. The lowest BCUT2D eigenvalue weighted by molar-refractivity contribution is 0.372. The van der Waals surface area contributed by atoms with Crippen molar-refractivity contribution < 1.29 is 0 Å². The van der Waals surface area contributed by atoms with Crippen molar-refractivity contribution in [3.05, 3.63) is 30.3 Å². The van der Waals surface area contributed by atoms with Crippen molar-refractivity contribution >= 4 is 35.6 Å². The van der Waals surface area contributed by atoms with Gasteiger partial charge in [0, 0.05) is 45.5 Å². The van der Waals surface area contributed by atoms with Crippen LogP contribution in [0.4, 0.5) is 5.69 Å². The van der Waals surface area contributed by atoms with Gasteiger partial charge in [-0.2, -0.15) is 0 Å². The van der Waals surface area contributed by atoms with Gasteiger partial charge in [-0.25, -0.2) is 0 Å². The van der Waals surface area contributed by atoms with E-state index in [2.05, 4.69) is 50.4 Å². The van der Waals surface area contributed by atoms with Gasteiger partial charge in [-0.3, -0.25) is 4.99 Å². The average Bonchev–Trinajstić information content (AvgIpc) is 3.34. The summed E-state index contributed by atoms with van der Waals surface area (Å²) in [5.74, 6) is 1.96. The van der Waals surface area contributed by atoms with Crippen molar-refractivity contribution in [2.75, 3.05) is 44.7 Å². The van der Waals surface area contributed by atoms with Crippen LogP contribution in [0.25, 0.3) is 0 Å². The molecule has 2 fully saturated rings. The topological polar surface area (TPSA) is 30.9 Å². The number of nitrogens with zero attached hydrogens (tertiary/aromatic N) is 3. The van der Waals surface area contributed by atoms with Gasteiger partial charge in [-0.15, -0.1) is 24.0 Å². The molecule has 1 saturated carbocycles. The summed E-state index contributed by atoms with van der Waals surface area (Å²) in [5, 5.41) is 3.51. The monoisotopic (exact) mass is 400 g/mol. The SMILES string of the molecule is CN=C(NCC1CC1)N1CCN(c2ccccc2)CC1.I. The van der Waals surface area contributed by atoms with Gasteiger partial charge in [0.25, 0.3) is 0 Å². The summed E-state index contributed by atoms with van der Waals surface area (Å²) in [5.41, 5.74) is 1.33. The Morgan fingerprint density at radius 3 is 2.38 bits per heavy atom. The van der Waals surface area contributed by atoms with E-state index in [-0.39, 0.29) is 24.0 Å². The van der Waals surface area contributed by atoms with Gasteiger partial charge < -0.3 is 15.1 Å². The number of para-hydroxylation sites is 1. The first kappa shape index (κ1) is 16.4. The smallest absolute Gasteiger partial charge is 0.193 e. The minimum absolute atomic E-state index is 0. The summed E-state index contributed by atoms with van der Waals surface area (Å²) in [4.78, 5) is 9.25. The van der Waals surface area contributed by atoms with Crippen LogP contribution in [-0.4, -0.2) is 50.6 Å². The van der Waals surface area contributed by atoms with E-state index in [1.807, 2.05) is 7.05 Å². The van der Waals surface area contributed by atoms with Crippen molar-refractivity contribution in [1.29, 1.82) is 0 Å². The third-order valence-corrected chi connectivity index (χ3v) is 4.16. The summed E-state index contributed by atoms with van der Waals surface area (Å²) in [6.07, 6.45) is 2.76. The van der Waals surface area contributed by atoms with E-state index in [1.165, 1.54) is 18.5 Å². The Bertz CT molecular complexity index is 451. The summed E-state index contributed by atoms with van der Waals surface area (Å²) in [7, 11) is 1.89. The molecule has 1 saturated heterocycles. The molecule has 1 aromatic rings. The molecule has 1 heterocycles. The van der Waals surface area contributed by atoms with Gasteiger partial charge in [0.05, 0.1) is 0 Å². The molecule has 0 spiro atoms. The number of halogens is 1. The zero-order chi connectivity index (χ0) is 13.8. The van der Waals surface area contributed by atoms with Crippen molar-refractivity contribution in [3.63, 3.8) is 0 Å². The Balaban J connectivity index is 0.00000161. The highest BCUT2D eigenvalue weighted by Crippen LogP contribution is 2.27. The van der Waals surface area contributed by atoms with E-state index in [0.29, 0.717) is 0 Å². The normalized spacial score (nSPS) is 19.2. The van der Waals surface area contributed by atoms with Crippen molar-refractivity contribution in [2.24, 2.45) is 10.9 Å². The van der Waals surface area contributed by atoms with Crippen LogP contribution >= 0.6 is 24.0 Å². The molecule has 4 nitrogen and oxygen atoms in total. The maximum Gasteiger partial charge on any atom is 0.193 e. The van der Waals surface area contributed by atoms with Crippen molar-refractivity contribution in [1.82, 2.24) is 10.2 Å². The standard InChI is InChI=1S/C16H24N4.HI/c1-17-16(18-13-14-7-8-14)20-11-9-19(10-12-20)15-5-3-2-4-6-15;/h2-6,14H,7-13H2,1H3,(H,17,18);1H. The molecule has 1 aromatic carbocycles. The van der Waals surface area contributed by atoms with Crippen LogP contribution < -0.4 is 10.2 Å². The van der Waals surface area contributed by atoms with Gasteiger partial charge in [-0.05, 0) is 30.9 Å². The highest BCUT2D eigenvalue weighted by Gasteiger charge is 2.24. The summed E-state index contributed by atoms with van der Waals surface area (Å²) < 4.78 is 0. The van der Waals surface area contributed by atoms with Crippen LogP contribution in [0.1, 0.15) is 12.8 Å². The first-order valence-electron chi connectivity index (χ1n) is 7.62. The second-order valence-corrected chi connectivity index (χ2v) is 5.68. The number of guanidine groups is 1. The van der Waals surface area contributed by atoms with E-state index in [0.717, 1.165) is 44.6 Å². The molecule has 3 rings (SSSR count). The van der Waals surface area contributed by atoms with Gasteiger partial charge in [-0.1, -0.05) is 18.2 Å². The number of piperazine rings is 1. The predicted molar refractivity (Wildman–Crippen MR) is 99.7 cm³/mol. The molecular weight excluding hydrogens is 375 g/mol. The lowest BCUT2D eigenvalue weighted by Gasteiger charge is -2.37. The Morgan fingerprint density at radius 2 is 1.81 bits per heavy atom. The van der Waals surface area contributed by atoms with Crippen molar-refractivity contribution in [2.45, 2.75) is 12.8 Å². The summed E-state index contributed by atoms with van der Waals surface area (Å²) >= 11 is 0. The lowest BCUT2D eigenvalue weighted by Crippen LogP contribution is -2.52. The van der Waals surface area contributed by atoms with Crippen LogP contribution in [0.3, 0.4) is 0 Å². The Labute approximate surface area is 144 Å². The van der Waals surface area contributed by atoms with Crippen LogP contribution in [-0.2, 0) is 0 Å². The highest BCUT2D eigenvalue weighted by molar-refractivity contribution is 14.0. The molecule has 1 N–H and O–H groups in total. The maximum absolute atomic E-state index is 4.42. The van der Waals surface area contributed by atoms with E-state index in [4.69, 9.17) is 0 Å². The second kappa shape index (κ2) is 7.87. The molecular formula is C16H25IN4. The van der Waals surface area contributed by atoms with E-state index >= 15 is 0 Å².